The van der Waals surface area contributed by atoms with Gasteiger partial charge in [0.05, 0.1) is 6.10 Å². The first kappa shape index (κ1) is 9.75. The number of hydrogen-bond acceptors (Lipinski definition) is 1. The van der Waals surface area contributed by atoms with Gasteiger partial charge in [-0.05, 0) is 13.3 Å². The van der Waals surface area contributed by atoms with E-state index in [0.29, 0.717) is 0 Å². The van der Waals surface area contributed by atoms with Crippen LogP contribution >= 0.6 is 0 Å². The van der Waals surface area contributed by atoms with Crippen LogP contribution in [0.4, 0.5) is 0 Å². The molecule has 0 saturated heterocycles. The first-order valence-electron chi connectivity index (χ1n) is 1.95. The Morgan fingerprint density at radius 2 is 2.00 bits per heavy atom. The van der Waals surface area contributed by atoms with Gasteiger partial charge in [-0.15, -0.1) is 0 Å². The second kappa shape index (κ2) is 5.56. The summed E-state index contributed by atoms with van der Waals surface area (Å²) in [7, 11) is 0. The quantitative estimate of drug-likeness (QED) is 0.359. The molecule has 0 aromatic carbocycles. The van der Waals surface area contributed by atoms with Crippen molar-refractivity contribution in [3.8, 4) is 0 Å². The Morgan fingerprint density at radius 1 is 1.83 bits per heavy atom. The average molecular weight is 82.1 g/mol. The fraction of sp³-hybridized carbons (Fsp3) is 1.00. The van der Waals surface area contributed by atoms with Crippen molar-refractivity contribution in [3.05, 3.63) is 0 Å². The van der Waals surface area contributed by atoms with E-state index in [1.807, 2.05) is 6.92 Å². The molecule has 0 rings (SSSR count). The molecule has 0 saturated carbocycles. The smallest absolute Gasteiger partial charge is 1.00 e. The zero-order chi connectivity index (χ0) is 4.28. The Balaban J connectivity index is -0.0000000800. The van der Waals surface area contributed by atoms with E-state index in [1.54, 1.807) is 6.92 Å². The van der Waals surface area contributed by atoms with E-state index < -0.39 is 0 Å². The van der Waals surface area contributed by atoms with Crippen LogP contribution in [0.2, 0.25) is 0 Å². The van der Waals surface area contributed by atoms with Gasteiger partial charge in [0.1, 0.15) is 0 Å². The molecule has 0 aliphatic heterocycles. The fourth-order valence-corrected chi connectivity index (χ4v) is 0. The third kappa shape index (κ3) is 8.82. The predicted molar refractivity (Wildman–Crippen MR) is 23.1 cm³/mol. The van der Waals surface area contributed by atoms with Crippen molar-refractivity contribution in [3.63, 3.8) is 0 Å². The van der Waals surface area contributed by atoms with Crippen molar-refractivity contribution in [1.82, 2.24) is 0 Å². The van der Waals surface area contributed by atoms with Gasteiger partial charge in [0.15, 0.2) is 0 Å². The molecule has 0 amide bonds. The average Bonchev–Trinajstić information content (AvgIpc) is 1.38. The molecular weight excluding hydrogens is 71.0 g/mol. The van der Waals surface area contributed by atoms with Gasteiger partial charge in [0, 0.05) is 0 Å². The minimum absolute atomic E-state index is 0. The molecule has 0 aliphatic carbocycles. The summed E-state index contributed by atoms with van der Waals surface area (Å²) in [5.41, 5.74) is 0. The number of aliphatic hydroxyl groups is 1. The summed E-state index contributed by atoms with van der Waals surface area (Å²) in [6.45, 7) is 3.73. The van der Waals surface area contributed by atoms with E-state index in [2.05, 4.69) is 0 Å². The van der Waals surface area contributed by atoms with E-state index in [-0.39, 0.29) is 26.4 Å². The van der Waals surface area contributed by atoms with Crippen LogP contribution in [-0.2, 0) is 0 Å². The molecule has 1 N–H and O–H groups in total. The summed E-state index contributed by atoms with van der Waals surface area (Å²) in [5, 5.41) is 8.36. The molecule has 0 aliphatic rings. The first-order chi connectivity index (χ1) is 2.27. The van der Waals surface area contributed by atoms with Crippen LogP contribution in [0.5, 0.6) is 0 Å². The van der Waals surface area contributed by atoms with E-state index in [4.69, 9.17) is 5.11 Å². The van der Waals surface area contributed by atoms with Crippen LogP contribution < -0.4 is 18.9 Å². The SMILES string of the molecule is CC[C@@H](C)O.[H-].[Li+]. The number of aliphatic hydroxyl groups excluding tert-OH is 1. The largest absolute Gasteiger partial charge is 1.00 e. The Labute approximate surface area is 52.4 Å². The van der Waals surface area contributed by atoms with Crippen LogP contribution in [-0.4, -0.2) is 11.2 Å². The van der Waals surface area contributed by atoms with Crippen LogP contribution in [0.15, 0.2) is 0 Å². The van der Waals surface area contributed by atoms with Gasteiger partial charge in [-0.2, -0.15) is 0 Å². The maximum atomic E-state index is 8.36. The normalized spacial score (nSPS) is 12.5. The molecule has 0 spiro atoms. The topological polar surface area (TPSA) is 20.2 Å². The summed E-state index contributed by atoms with van der Waals surface area (Å²) < 4.78 is 0. The standard InChI is InChI=1S/C4H10O.Li.H/c1-3-4(2)5;;/h4-5H,3H2,1-2H3;;/q;+1;-1/t4-;;/m1../s1. The van der Waals surface area contributed by atoms with Crippen molar-refractivity contribution < 1.29 is 25.4 Å². The van der Waals surface area contributed by atoms with Gasteiger partial charge in [0.25, 0.3) is 0 Å². The maximum Gasteiger partial charge on any atom is 1.00 e. The van der Waals surface area contributed by atoms with Crippen LogP contribution in [0.3, 0.4) is 0 Å². The van der Waals surface area contributed by atoms with Crippen molar-refractivity contribution in [1.29, 1.82) is 0 Å². The Kier molecular flexibility index (Phi) is 9.03. The summed E-state index contributed by atoms with van der Waals surface area (Å²) in [6.07, 6.45) is 0.745. The Morgan fingerprint density at radius 3 is 2.00 bits per heavy atom. The number of rotatable bonds is 1. The molecular formula is C4H11LiO. The van der Waals surface area contributed by atoms with Gasteiger partial charge in [-0.3, -0.25) is 0 Å². The van der Waals surface area contributed by atoms with Crippen molar-refractivity contribution >= 4 is 0 Å². The molecule has 2 heteroatoms. The van der Waals surface area contributed by atoms with Gasteiger partial charge >= 0.3 is 18.9 Å². The predicted octanol–water partition coefficient (Wildman–Crippen LogP) is -2.11. The third-order valence-corrected chi connectivity index (χ3v) is 0.591. The Hall–Kier alpha value is 0.557. The molecule has 1 nitrogen and oxygen atoms in total. The molecule has 0 fully saturated rings. The Bertz CT molecular complexity index is 25.7. The van der Waals surface area contributed by atoms with Gasteiger partial charge in [-0.1, -0.05) is 6.92 Å². The molecule has 0 aromatic rings. The zero-order valence-electron chi connectivity index (χ0n) is 5.73. The van der Waals surface area contributed by atoms with Crippen LogP contribution in [0, 0.1) is 0 Å². The molecule has 6 heavy (non-hydrogen) atoms. The van der Waals surface area contributed by atoms with E-state index in [0.717, 1.165) is 6.42 Å². The summed E-state index contributed by atoms with van der Waals surface area (Å²) in [5.74, 6) is 0. The van der Waals surface area contributed by atoms with Gasteiger partial charge < -0.3 is 6.53 Å². The fourth-order valence-electron chi connectivity index (χ4n) is 0. The van der Waals surface area contributed by atoms with Gasteiger partial charge in [0.2, 0.25) is 0 Å². The zero-order valence-corrected chi connectivity index (χ0v) is 4.73. The summed E-state index contributed by atoms with van der Waals surface area (Å²) in [4.78, 5) is 0. The third-order valence-electron chi connectivity index (χ3n) is 0.591. The van der Waals surface area contributed by atoms with E-state index in [1.165, 1.54) is 0 Å². The second-order valence-electron chi connectivity index (χ2n) is 1.26. The molecule has 0 bridgehead atoms. The molecule has 34 valence electrons. The minimum Gasteiger partial charge on any atom is -1.00 e. The first-order valence-corrected chi connectivity index (χ1v) is 1.95. The van der Waals surface area contributed by atoms with Crippen molar-refractivity contribution in [2.75, 3.05) is 0 Å². The van der Waals surface area contributed by atoms with E-state index in [9.17, 15) is 0 Å². The van der Waals surface area contributed by atoms with Gasteiger partial charge in [-0.25, -0.2) is 0 Å². The van der Waals surface area contributed by atoms with E-state index >= 15 is 0 Å². The summed E-state index contributed by atoms with van der Waals surface area (Å²) in [6, 6.07) is 0. The minimum atomic E-state index is -0.116. The molecule has 0 radical (unpaired) electrons. The molecule has 0 unspecified atom stereocenters. The van der Waals surface area contributed by atoms with Crippen molar-refractivity contribution in [2.24, 2.45) is 0 Å². The number of hydrogen-bond donors (Lipinski definition) is 1. The van der Waals surface area contributed by atoms with Crippen molar-refractivity contribution in [2.45, 2.75) is 26.4 Å². The second-order valence-corrected chi connectivity index (χ2v) is 1.26. The molecule has 0 heterocycles. The van der Waals surface area contributed by atoms with Crippen LogP contribution in [0.25, 0.3) is 0 Å². The molecule has 0 aromatic heterocycles. The molecule has 1 atom stereocenters. The monoisotopic (exact) mass is 82.1 g/mol. The summed E-state index contributed by atoms with van der Waals surface area (Å²) >= 11 is 0. The van der Waals surface area contributed by atoms with Crippen LogP contribution in [0.1, 0.15) is 21.7 Å². The maximum absolute atomic E-state index is 8.36.